The molecule has 0 aromatic heterocycles. The fourth-order valence-electron chi connectivity index (χ4n) is 3.40. The number of hydrogen-bond donors (Lipinski definition) is 0. The molecule has 3 nitrogen and oxygen atoms in total. The lowest BCUT2D eigenvalue weighted by atomic mass is 9.80. The summed E-state index contributed by atoms with van der Waals surface area (Å²) >= 11 is 5.60. The van der Waals surface area contributed by atoms with Crippen molar-refractivity contribution in [3.05, 3.63) is 108 Å². The minimum Gasteiger partial charge on any atom is -0.378 e. The van der Waals surface area contributed by atoms with Crippen molar-refractivity contribution in [1.82, 2.24) is 0 Å². The summed E-state index contributed by atoms with van der Waals surface area (Å²) in [5.74, 6) is 0.497. The normalized spacial score (nSPS) is 11.5. The van der Waals surface area contributed by atoms with E-state index in [1.165, 1.54) is 0 Å². The first-order chi connectivity index (χ1) is 14.4. The molecule has 0 atom stereocenters. The van der Waals surface area contributed by atoms with E-state index in [9.17, 15) is 0 Å². The van der Waals surface area contributed by atoms with Gasteiger partial charge in [-0.3, -0.25) is 0 Å². The van der Waals surface area contributed by atoms with Crippen LogP contribution in [0.25, 0.3) is 0 Å². The zero-order valence-corrected chi connectivity index (χ0v) is 17.3. The molecule has 3 aromatic carbocycles. The second-order valence-electron chi connectivity index (χ2n) is 6.54. The van der Waals surface area contributed by atoms with Gasteiger partial charge in [0.2, 0.25) is 0 Å². The van der Waals surface area contributed by atoms with E-state index in [0.29, 0.717) is 38.9 Å². The molecular formula is C25H27ClO3. The molecule has 0 saturated heterocycles. The Morgan fingerprint density at radius 2 is 0.897 bits per heavy atom. The first kappa shape index (κ1) is 21.5. The number of rotatable bonds is 12. The summed E-state index contributed by atoms with van der Waals surface area (Å²) in [5.41, 5.74) is 2.55. The highest BCUT2D eigenvalue weighted by Gasteiger charge is 2.37. The summed E-state index contributed by atoms with van der Waals surface area (Å²) < 4.78 is 17.7. The molecule has 3 aromatic rings. The SMILES string of the molecule is ClCCOCCOCCOC(c1ccccc1)(c1ccccc1)c1ccccc1. The lowest BCUT2D eigenvalue weighted by molar-refractivity contribution is -0.0325. The Morgan fingerprint density at radius 3 is 1.31 bits per heavy atom. The molecule has 0 N–H and O–H groups in total. The first-order valence-electron chi connectivity index (χ1n) is 9.90. The molecule has 0 bridgehead atoms. The van der Waals surface area contributed by atoms with Gasteiger partial charge in [-0.25, -0.2) is 0 Å². The van der Waals surface area contributed by atoms with Crippen molar-refractivity contribution in [3.8, 4) is 0 Å². The van der Waals surface area contributed by atoms with Gasteiger partial charge in [0.05, 0.1) is 33.0 Å². The van der Waals surface area contributed by atoms with Gasteiger partial charge >= 0.3 is 0 Å². The van der Waals surface area contributed by atoms with Crippen LogP contribution in [-0.2, 0) is 19.8 Å². The van der Waals surface area contributed by atoms with Crippen LogP contribution >= 0.6 is 11.6 Å². The largest absolute Gasteiger partial charge is 0.378 e. The van der Waals surface area contributed by atoms with E-state index < -0.39 is 5.60 Å². The first-order valence-corrected chi connectivity index (χ1v) is 10.4. The highest BCUT2D eigenvalue weighted by atomic mass is 35.5. The third-order valence-corrected chi connectivity index (χ3v) is 4.83. The van der Waals surface area contributed by atoms with E-state index >= 15 is 0 Å². The van der Waals surface area contributed by atoms with Gasteiger partial charge in [-0.15, -0.1) is 11.6 Å². The monoisotopic (exact) mass is 410 g/mol. The van der Waals surface area contributed by atoms with Crippen molar-refractivity contribution >= 4 is 11.6 Å². The van der Waals surface area contributed by atoms with Gasteiger partial charge in [0.25, 0.3) is 0 Å². The molecule has 0 aliphatic heterocycles. The lowest BCUT2D eigenvalue weighted by Crippen LogP contribution is -2.34. The van der Waals surface area contributed by atoms with E-state index in [2.05, 4.69) is 36.4 Å². The molecule has 4 heteroatoms. The van der Waals surface area contributed by atoms with Crippen molar-refractivity contribution in [3.63, 3.8) is 0 Å². The van der Waals surface area contributed by atoms with Crippen LogP contribution in [0.1, 0.15) is 16.7 Å². The second kappa shape index (κ2) is 11.7. The fraction of sp³-hybridized carbons (Fsp3) is 0.280. The van der Waals surface area contributed by atoms with Gasteiger partial charge in [-0.1, -0.05) is 91.0 Å². The maximum absolute atomic E-state index is 6.63. The quantitative estimate of drug-likeness (QED) is 0.231. The molecule has 0 radical (unpaired) electrons. The molecule has 29 heavy (non-hydrogen) atoms. The van der Waals surface area contributed by atoms with Gasteiger partial charge in [0.1, 0.15) is 5.60 Å². The minimum absolute atomic E-state index is 0.453. The summed E-state index contributed by atoms with van der Waals surface area (Å²) in [7, 11) is 0. The van der Waals surface area contributed by atoms with E-state index in [1.807, 2.05) is 54.6 Å². The summed E-state index contributed by atoms with van der Waals surface area (Å²) in [5, 5.41) is 0. The van der Waals surface area contributed by atoms with Gasteiger partial charge in [-0.2, -0.15) is 0 Å². The Balaban J connectivity index is 1.83. The molecule has 0 amide bonds. The number of benzene rings is 3. The smallest absolute Gasteiger partial charge is 0.143 e. The predicted octanol–water partition coefficient (Wildman–Crippen LogP) is 5.27. The Hall–Kier alpha value is -2.17. The molecule has 3 rings (SSSR count). The molecule has 0 aliphatic rings. The summed E-state index contributed by atoms with van der Waals surface area (Å²) in [6.07, 6.45) is 0. The van der Waals surface area contributed by atoms with E-state index in [1.54, 1.807) is 0 Å². The number of halogens is 1. The molecular weight excluding hydrogens is 384 g/mol. The summed E-state index contributed by atoms with van der Waals surface area (Å²) in [4.78, 5) is 0. The molecule has 0 fully saturated rings. The third kappa shape index (κ3) is 5.68. The molecule has 0 heterocycles. The maximum Gasteiger partial charge on any atom is 0.143 e. The van der Waals surface area contributed by atoms with Crippen LogP contribution < -0.4 is 0 Å². The van der Waals surface area contributed by atoms with Crippen LogP contribution in [0.5, 0.6) is 0 Å². The van der Waals surface area contributed by atoms with Crippen molar-refractivity contribution in [1.29, 1.82) is 0 Å². The standard InChI is InChI=1S/C25H27ClO3/c26-16-17-27-18-19-28-20-21-29-25(22-10-4-1-5-11-22,23-12-6-2-7-13-23)24-14-8-3-9-15-24/h1-15H,16-21H2. The van der Waals surface area contributed by atoms with Crippen molar-refractivity contribution in [2.75, 3.05) is 38.9 Å². The van der Waals surface area contributed by atoms with E-state index in [0.717, 1.165) is 16.7 Å². The zero-order chi connectivity index (χ0) is 20.2. The second-order valence-corrected chi connectivity index (χ2v) is 6.92. The van der Waals surface area contributed by atoms with Crippen LogP contribution in [0.2, 0.25) is 0 Å². The minimum atomic E-state index is -0.706. The fourth-order valence-corrected chi connectivity index (χ4v) is 3.51. The predicted molar refractivity (Wildman–Crippen MR) is 118 cm³/mol. The molecule has 0 spiro atoms. The van der Waals surface area contributed by atoms with E-state index in [4.69, 9.17) is 25.8 Å². The van der Waals surface area contributed by atoms with Crippen molar-refractivity contribution in [2.24, 2.45) is 0 Å². The van der Waals surface area contributed by atoms with Crippen molar-refractivity contribution < 1.29 is 14.2 Å². The highest BCUT2D eigenvalue weighted by molar-refractivity contribution is 6.17. The third-order valence-electron chi connectivity index (χ3n) is 4.68. The van der Waals surface area contributed by atoms with Crippen LogP contribution in [0.3, 0.4) is 0 Å². The number of hydrogen-bond acceptors (Lipinski definition) is 3. The van der Waals surface area contributed by atoms with Gasteiger partial charge < -0.3 is 14.2 Å². The summed E-state index contributed by atoms with van der Waals surface area (Å²) in [6, 6.07) is 31.0. The van der Waals surface area contributed by atoms with Crippen LogP contribution in [0.4, 0.5) is 0 Å². The van der Waals surface area contributed by atoms with Gasteiger partial charge in [-0.05, 0) is 16.7 Å². The summed E-state index contributed by atoms with van der Waals surface area (Å²) in [6.45, 7) is 2.54. The van der Waals surface area contributed by atoms with Crippen LogP contribution in [-0.4, -0.2) is 38.9 Å². The Bertz CT molecular complexity index is 713. The average molecular weight is 411 g/mol. The van der Waals surface area contributed by atoms with Gasteiger partial charge in [0.15, 0.2) is 0 Å². The lowest BCUT2D eigenvalue weighted by Gasteiger charge is -2.36. The van der Waals surface area contributed by atoms with Gasteiger partial charge in [0, 0.05) is 5.88 Å². The number of ether oxygens (including phenoxy) is 3. The van der Waals surface area contributed by atoms with Crippen LogP contribution in [0.15, 0.2) is 91.0 Å². The van der Waals surface area contributed by atoms with Crippen LogP contribution in [0, 0.1) is 0 Å². The maximum atomic E-state index is 6.63. The number of alkyl halides is 1. The Morgan fingerprint density at radius 1 is 0.517 bits per heavy atom. The average Bonchev–Trinajstić information content (AvgIpc) is 2.80. The topological polar surface area (TPSA) is 27.7 Å². The molecule has 0 saturated carbocycles. The zero-order valence-electron chi connectivity index (χ0n) is 16.5. The molecule has 0 unspecified atom stereocenters. The molecule has 0 aliphatic carbocycles. The Kier molecular flexibility index (Phi) is 8.72. The highest BCUT2D eigenvalue weighted by Crippen LogP contribution is 2.40. The van der Waals surface area contributed by atoms with Crippen molar-refractivity contribution in [2.45, 2.75) is 5.60 Å². The molecule has 152 valence electrons. The van der Waals surface area contributed by atoms with E-state index in [-0.39, 0.29) is 0 Å². The Labute approximate surface area is 178 Å².